The Bertz CT molecular complexity index is 573. The van der Waals surface area contributed by atoms with Crippen LogP contribution < -0.4 is 9.47 Å². The highest BCUT2D eigenvalue weighted by Crippen LogP contribution is 2.38. The highest BCUT2D eigenvalue weighted by atomic mass is 16.7. The van der Waals surface area contributed by atoms with Crippen LogP contribution in [-0.2, 0) is 18.9 Å². The SMILES string of the molecule is COc1ccc(OC)c([C@H](OC)[C@@H](C)C[C@H]2OC(C)(C)OC[C@@H]2OC)c1. The highest BCUT2D eigenvalue weighted by Gasteiger charge is 2.38. The van der Waals surface area contributed by atoms with Gasteiger partial charge in [0.1, 0.15) is 17.6 Å². The molecule has 6 nitrogen and oxygen atoms in total. The molecule has 0 aliphatic carbocycles. The van der Waals surface area contributed by atoms with Gasteiger partial charge in [0.2, 0.25) is 0 Å². The van der Waals surface area contributed by atoms with E-state index in [1.165, 1.54) is 0 Å². The molecule has 0 amide bonds. The van der Waals surface area contributed by atoms with E-state index in [0.29, 0.717) is 6.61 Å². The fraction of sp³-hybridized carbons (Fsp3) is 0.700. The van der Waals surface area contributed by atoms with Crippen molar-refractivity contribution in [2.75, 3.05) is 35.0 Å². The van der Waals surface area contributed by atoms with Crippen molar-refractivity contribution in [2.24, 2.45) is 5.92 Å². The van der Waals surface area contributed by atoms with Crippen LogP contribution in [0.15, 0.2) is 18.2 Å². The Kier molecular flexibility index (Phi) is 7.29. The van der Waals surface area contributed by atoms with Crippen LogP contribution in [0, 0.1) is 5.92 Å². The number of benzene rings is 1. The summed E-state index contributed by atoms with van der Waals surface area (Å²) in [7, 11) is 6.71. The minimum absolute atomic E-state index is 0.0759. The number of methoxy groups -OCH3 is 4. The van der Waals surface area contributed by atoms with E-state index in [2.05, 4.69) is 6.92 Å². The second-order valence-corrected chi connectivity index (χ2v) is 7.12. The molecule has 4 atom stereocenters. The second kappa shape index (κ2) is 9.04. The Hall–Kier alpha value is -1.34. The lowest BCUT2D eigenvalue weighted by atomic mass is 9.89. The molecule has 1 heterocycles. The molecule has 0 N–H and O–H groups in total. The van der Waals surface area contributed by atoms with Crippen LogP contribution in [0.2, 0.25) is 0 Å². The predicted molar refractivity (Wildman–Crippen MR) is 98.8 cm³/mol. The lowest BCUT2D eigenvalue weighted by Gasteiger charge is -2.42. The first-order valence-electron chi connectivity index (χ1n) is 8.94. The van der Waals surface area contributed by atoms with Crippen molar-refractivity contribution in [1.82, 2.24) is 0 Å². The average molecular weight is 368 g/mol. The maximum Gasteiger partial charge on any atom is 0.163 e. The molecule has 0 bridgehead atoms. The van der Waals surface area contributed by atoms with Gasteiger partial charge in [-0.25, -0.2) is 0 Å². The third kappa shape index (κ3) is 4.88. The maximum absolute atomic E-state index is 6.12. The van der Waals surface area contributed by atoms with E-state index in [-0.39, 0.29) is 24.2 Å². The zero-order valence-electron chi connectivity index (χ0n) is 16.9. The Morgan fingerprint density at radius 1 is 1.15 bits per heavy atom. The summed E-state index contributed by atoms with van der Waals surface area (Å²) >= 11 is 0. The van der Waals surface area contributed by atoms with Gasteiger partial charge in [-0.05, 0) is 44.4 Å². The van der Waals surface area contributed by atoms with E-state index in [1.807, 2.05) is 32.0 Å². The molecular weight excluding hydrogens is 336 g/mol. The van der Waals surface area contributed by atoms with Gasteiger partial charge < -0.3 is 28.4 Å². The molecule has 0 aromatic heterocycles. The predicted octanol–water partition coefficient (Wildman–Crippen LogP) is 3.58. The zero-order chi connectivity index (χ0) is 19.3. The van der Waals surface area contributed by atoms with Crippen molar-refractivity contribution in [1.29, 1.82) is 0 Å². The molecule has 148 valence electrons. The summed E-state index contributed by atoms with van der Waals surface area (Å²) in [6.45, 7) is 6.51. The number of hydrogen-bond acceptors (Lipinski definition) is 6. The van der Waals surface area contributed by atoms with Crippen molar-refractivity contribution in [2.45, 2.75) is 51.3 Å². The van der Waals surface area contributed by atoms with Crippen LogP contribution in [-0.4, -0.2) is 53.0 Å². The summed E-state index contributed by atoms with van der Waals surface area (Å²) in [4.78, 5) is 0. The lowest BCUT2D eigenvalue weighted by molar-refractivity contribution is -0.310. The van der Waals surface area contributed by atoms with Gasteiger partial charge in [-0.3, -0.25) is 0 Å². The van der Waals surface area contributed by atoms with E-state index >= 15 is 0 Å². The van der Waals surface area contributed by atoms with Crippen LogP contribution in [0.3, 0.4) is 0 Å². The van der Waals surface area contributed by atoms with E-state index < -0.39 is 5.79 Å². The summed E-state index contributed by atoms with van der Waals surface area (Å²) in [5.74, 6) is 1.10. The van der Waals surface area contributed by atoms with Crippen LogP contribution in [0.25, 0.3) is 0 Å². The standard InChI is InChI=1S/C20H32O6/c1-13(10-17-18(23-6)12-25-20(2,3)26-17)19(24-7)15-11-14(21-4)8-9-16(15)22-5/h8-9,11,13,17-19H,10,12H2,1-7H3/t13-,17+,18-,19+/m0/s1. The number of ether oxygens (including phenoxy) is 6. The molecule has 1 aliphatic rings. The second-order valence-electron chi connectivity index (χ2n) is 7.12. The van der Waals surface area contributed by atoms with E-state index in [4.69, 9.17) is 28.4 Å². The molecule has 0 unspecified atom stereocenters. The number of rotatable bonds is 8. The minimum atomic E-state index is -0.615. The Balaban J connectivity index is 2.21. The molecule has 1 aromatic carbocycles. The summed E-state index contributed by atoms with van der Waals surface area (Å²) in [6.07, 6.45) is 0.430. The molecule has 0 saturated carbocycles. The van der Waals surface area contributed by atoms with Gasteiger partial charge in [0, 0.05) is 19.8 Å². The molecule has 1 aliphatic heterocycles. The van der Waals surface area contributed by atoms with Gasteiger partial charge in [-0.1, -0.05) is 6.92 Å². The Labute approximate surface area is 156 Å². The van der Waals surface area contributed by atoms with Crippen LogP contribution in [0.5, 0.6) is 11.5 Å². The molecule has 1 aromatic rings. The van der Waals surface area contributed by atoms with E-state index in [0.717, 1.165) is 23.5 Å². The van der Waals surface area contributed by atoms with Gasteiger partial charge >= 0.3 is 0 Å². The molecular formula is C20H32O6. The van der Waals surface area contributed by atoms with Crippen molar-refractivity contribution < 1.29 is 28.4 Å². The quantitative estimate of drug-likeness (QED) is 0.699. The summed E-state index contributed by atoms with van der Waals surface area (Å²) < 4.78 is 34.1. The van der Waals surface area contributed by atoms with Gasteiger partial charge in [0.15, 0.2) is 5.79 Å². The molecule has 26 heavy (non-hydrogen) atoms. The van der Waals surface area contributed by atoms with Crippen LogP contribution >= 0.6 is 0 Å². The first kappa shape index (κ1) is 21.0. The molecule has 2 rings (SSSR count). The van der Waals surface area contributed by atoms with Gasteiger partial charge in [0.05, 0.1) is 33.0 Å². The summed E-state index contributed by atoms with van der Waals surface area (Å²) in [5, 5.41) is 0. The van der Waals surface area contributed by atoms with Gasteiger partial charge in [-0.2, -0.15) is 0 Å². The first-order chi connectivity index (χ1) is 12.3. The van der Waals surface area contributed by atoms with E-state index in [9.17, 15) is 0 Å². The van der Waals surface area contributed by atoms with Crippen molar-refractivity contribution >= 4 is 0 Å². The average Bonchev–Trinajstić information content (AvgIpc) is 2.61. The fourth-order valence-electron chi connectivity index (χ4n) is 3.50. The van der Waals surface area contributed by atoms with Crippen LogP contribution in [0.1, 0.15) is 38.9 Å². The van der Waals surface area contributed by atoms with Crippen molar-refractivity contribution in [3.63, 3.8) is 0 Å². The van der Waals surface area contributed by atoms with Crippen molar-refractivity contribution in [3.05, 3.63) is 23.8 Å². The lowest BCUT2D eigenvalue weighted by Crippen LogP contribution is -2.50. The van der Waals surface area contributed by atoms with Gasteiger partial charge in [0.25, 0.3) is 0 Å². The Morgan fingerprint density at radius 3 is 2.46 bits per heavy atom. The fourth-order valence-corrected chi connectivity index (χ4v) is 3.50. The first-order valence-corrected chi connectivity index (χ1v) is 8.94. The monoisotopic (exact) mass is 368 g/mol. The van der Waals surface area contributed by atoms with Crippen molar-refractivity contribution in [3.8, 4) is 11.5 Å². The molecule has 1 saturated heterocycles. The largest absolute Gasteiger partial charge is 0.497 e. The third-order valence-electron chi connectivity index (χ3n) is 4.87. The molecule has 0 spiro atoms. The molecule has 6 heteroatoms. The highest BCUT2D eigenvalue weighted by molar-refractivity contribution is 5.42. The third-order valence-corrected chi connectivity index (χ3v) is 4.87. The normalized spacial score (nSPS) is 24.7. The maximum atomic E-state index is 6.12. The summed E-state index contributed by atoms with van der Waals surface area (Å²) in [6, 6.07) is 5.75. The van der Waals surface area contributed by atoms with Crippen LogP contribution in [0.4, 0.5) is 0 Å². The molecule has 0 radical (unpaired) electrons. The summed E-state index contributed by atoms with van der Waals surface area (Å²) in [5.41, 5.74) is 0.960. The zero-order valence-corrected chi connectivity index (χ0v) is 16.9. The van der Waals surface area contributed by atoms with E-state index in [1.54, 1.807) is 28.4 Å². The number of hydrogen-bond donors (Lipinski definition) is 0. The minimum Gasteiger partial charge on any atom is -0.497 e. The smallest absolute Gasteiger partial charge is 0.163 e. The van der Waals surface area contributed by atoms with Gasteiger partial charge in [-0.15, -0.1) is 0 Å². The molecule has 1 fully saturated rings. The Morgan fingerprint density at radius 2 is 1.88 bits per heavy atom. The topological polar surface area (TPSA) is 55.4 Å².